The number of halogens is 1. The lowest BCUT2D eigenvalue weighted by Gasteiger charge is -2.31. The molecule has 5 nitrogen and oxygen atoms in total. The Morgan fingerprint density at radius 1 is 1.17 bits per heavy atom. The van der Waals surface area contributed by atoms with E-state index < -0.39 is 0 Å². The van der Waals surface area contributed by atoms with E-state index in [9.17, 15) is 9.59 Å². The smallest absolute Gasteiger partial charge is 0.251 e. The van der Waals surface area contributed by atoms with Gasteiger partial charge in [-0.25, -0.2) is 0 Å². The van der Waals surface area contributed by atoms with Crippen LogP contribution >= 0.6 is 12.4 Å². The van der Waals surface area contributed by atoms with E-state index in [1.165, 1.54) is 13.3 Å². The molecule has 1 aliphatic carbocycles. The standard InChI is InChI=1S/C17H25N3O2.ClH/c1-12(21)19-11-13-6-8-14(9-7-13)17(22)20-16-5-3-2-4-15(16)10-18;/h6-9,15-16H,2-5,10-11,18H2,1H3,(H,19,21)(H,20,22);1H. The van der Waals surface area contributed by atoms with Gasteiger partial charge < -0.3 is 16.4 Å². The maximum Gasteiger partial charge on any atom is 0.251 e. The molecular formula is C17H26ClN3O2. The number of nitrogens with one attached hydrogen (secondary N) is 2. The molecule has 2 rings (SSSR count). The predicted octanol–water partition coefficient (Wildman–Crippen LogP) is 1.99. The number of amides is 2. The molecule has 4 N–H and O–H groups in total. The van der Waals surface area contributed by atoms with Crippen molar-refractivity contribution in [3.05, 3.63) is 35.4 Å². The van der Waals surface area contributed by atoms with Gasteiger partial charge in [-0.15, -0.1) is 12.4 Å². The topological polar surface area (TPSA) is 84.2 Å². The summed E-state index contributed by atoms with van der Waals surface area (Å²) in [5.74, 6) is 0.278. The van der Waals surface area contributed by atoms with Crippen LogP contribution in [0.3, 0.4) is 0 Å². The molecule has 0 aromatic heterocycles. The van der Waals surface area contributed by atoms with E-state index >= 15 is 0 Å². The van der Waals surface area contributed by atoms with Gasteiger partial charge >= 0.3 is 0 Å². The molecular weight excluding hydrogens is 314 g/mol. The van der Waals surface area contributed by atoms with Crippen LogP contribution in [0.5, 0.6) is 0 Å². The molecule has 0 radical (unpaired) electrons. The molecule has 0 aliphatic heterocycles. The number of hydrogen-bond donors (Lipinski definition) is 3. The lowest BCUT2D eigenvalue weighted by molar-refractivity contribution is -0.119. The first-order chi connectivity index (χ1) is 10.6. The summed E-state index contributed by atoms with van der Waals surface area (Å²) in [6.07, 6.45) is 4.45. The highest BCUT2D eigenvalue weighted by molar-refractivity contribution is 5.94. The highest BCUT2D eigenvalue weighted by atomic mass is 35.5. The van der Waals surface area contributed by atoms with E-state index in [0.717, 1.165) is 24.8 Å². The Hall–Kier alpha value is -1.59. The Kier molecular flexibility index (Phi) is 8.06. The van der Waals surface area contributed by atoms with Crippen LogP contribution in [-0.4, -0.2) is 24.4 Å². The monoisotopic (exact) mass is 339 g/mol. The van der Waals surface area contributed by atoms with Crippen molar-refractivity contribution in [3.8, 4) is 0 Å². The zero-order valence-corrected chi connectivity index (χ0v) is 14.3. The van der Waals surface area contributed by atoms with Crippen LogP contribution < -0.4 is 16.4 Å². The summed E-state index contributed by atoms with van der Waals surface area (Å²) in [5.41, 5.74) is 7.42. The molecule has 1 aromatic carbocycles. The Morgan fingerprint density at radius 2 is 1.83 bits per heavy atom. The summed E-state index contributed by atoms with van der Waals surface area (Å²) in [7, 11) is 0. The van der Waals surface area contributed by atoms with Crippen molar-refractivity contribution in [1.29, 1.82) is 0 Å². The Bertz CT molecular complexity index is 519. The van der Waals surface area contributed by atoms with Crippen molar-refractivity contribution < 1.29 is 9.59 Å². The molecule has 0 heterocycles. The third-order valence-electron chi connectivity index (χ3n) is 4.29. The van der Waals surface area contributed by atoms with E-state index in [0.29, 0.717) is 24.6 Å². The first kappa shape index (κ1) is 19.5. The predicted molar refractivity (Wildman–Crippen MR) is 93.5 cm³/mol. The molecule has 1 aliphatic rings. The second kappa shape index (κ2) is 9.53. The van der Waals surface area contributed by atoms with Crippen LogP contribution in [0.15, 0.2) is 24.3 Å². The van der Waals surface area contributed by atoms with Gasteiger partial charge in [0, 0.05) is 25.1 Å². The second-order valence-electron chi connectivity index (χ2n) is 5.97. The maximum absolute atomic E-state index is 12.3. The first-order valence-electron chi connectivity index (χ1n) is 7.94. The quantitative estimate of drug-likeness (QED) is 0.767. The van der Waals surface area contributed by atoms with E-state index in [1.54, 1.807) is 12.1 Å². The lowest BCUT2D eigenvalue weighted by Crippen LogP contribution is -2.44. The fourth-order valence-electron chi connectivity index (χ4n) is 2.93. The molecule has 1 fully saturated rings. The number of rotatable bonds is 5. The SMILES string of the molecule is CC(=O)NCc1ccc(C(=O)NC2CCCCC2CN)cc1.Cl. The second-order valence-corrected chi connectivity index (χ2v) is 5.97. The van der Waals surface area contributed by atoms with Crippen molar-refractivity contribution in [2.75, 3.05) is 6.54 Å². The van der Waals surface area contributed by atoms with Crippen molar-refractivity contribution in [1.82, 2.24) is 10.6 Å². The summed E-state index contributed by atoms with van der Waals surface area (Å²) in [6.45, 7) is 2.59. The number of hydrogen-bond acceptors (Lipinski definition) is 3. The van der Waals surface area contributed by atoms with Gasteiger partial charge in [-0.05, 0) is 43.0 Å². The molecule has 2 atom stereocenters. The Morgan fingerprint density at radius 3 is 2.43 bits per heavy atom. The van der Waals surface area contributed by atoms with Crippen LogP contribution in [-0.2, 0) is 11.3 Å². The zero-order valence-electron chi connectivity index (χ0n) is 13.5. The minimum Gasteiger partial charge on any atom is -0.352 e. The van der Waals surface area contributed by atoms with Gasteiger partial charge in [0.25, 0.3) is 5.91 Å². The largest absolute Gasteiger partial charge is 0.352 e. The Balaban J connectivity index is 0.00000264. The first-order valence-corrected chi connectivity index (χ1v) is 7.94. The maximum atomic E-state index is 12.3. The summed E-state index contributed by atoms with van der Waals surface area (Å²) in [4.78, 5) is 23.2. The Labute approximate surface area is 143 Å². The number of carbonyl (C=O) groups excluding carboxylic acids is 2. The van der Waals surface area contributed by atoms with Gasteiger partial charge in [0.05, 0.1) is 0 Å². The van der Waals surface area contributed by atoms with Crippen molar-refractivity contribution in [2.45, 2.75) is 45.2 Å². The molecule has 1 saturated carbocycles. The van der Waals surface area contributed by atoms with Crippen LogP contribution in [0, 0.1) is 5.92 Å². The third-order valence-corrected chi connectivity index (χ3v) is 4.29. The fourth-order valence-corrected chi connectivity index (χ4v) is 2.93. The molecule has 2 unspecified atom stereocenters. The molecule has 23 heavy (non-hydrogen) atoms. The fraction of sp³-hybridized carbons (Fsp3) is 0.529. The molecule has 0 saturated heterocycles. The summed E-state index contributed by atoms with van der Waals surface area (Å²) < 4.78 is 0. The van der Waals surface area contributed by atoms with Gasteiger partial charge in [-0.2, -0.15) is 0 Å². The lowest BCUT2D eigenvalue weighted by atomic mass is 9.84. The third kappa shape index (κ3) is 5.84. The molecule has 128 valence electrons. The van der Waals surface area contributed by atoms with E-state index in [1.807, 2.05) is 12.1 Å². The molecule has 0 bridgehead atoms. The number of benzene rings is 1. The van der Waals surface area contributed by atoms with E-state index in [2.05, 4.69) is 10.6 Å². The average Bonchev–Trinajstić information content (AvgIpc) is 2.54. The van der Waals surface area contributed by atoms with E-state index in [4.69, 9.17) is 5.73 Å². The zero-order chi connectivity index (χ0) is 15.9. The van der Waals surface area contributed by atoms with Crippen LogP contribution in [0.2, 0.25) is 0 Å². The van der Waals surface area contributed by atoms with Gasteiger partial charge in [-0.1, -0.05) is 25.0 Å². The number of carbonyl (C=O) groups is 2. The summed E-state index contributed by atoms with van der Waals surface area (Å²) in [5, 5.41) is 5.85. The van der Waals surface area contributed by atoms with Crippen LogP contribution in [0.4, 0.5) is 0 Å². The van der Waals surface area contributed by atoms with Crippen LogP contribution in [0.1, 0.15) is 48.5 Å². The molecule has 1 aromatic rings. The van der Waals surface area contributed by atoms with Gasteiger partial charge in [0.1, 0.15) is 0 Å². The van der Waals surface area contributed by atoms with Crippen LogP contribution in [0.25, 0.3) is 0 Å². The van der Waals surface area contributed by atoms with Crippen molar-refractivity contribution in [3.63, 3.8) is 0 Å². The highest BCUT2D eigenvalue weighted by Gasteiger charge is 2.25. The molecule has 2 amide bonds. The molecule has 0 spiro atoms. The van der Waals surface area contributed by atoms with Gasteiger partial charge in [-0.3, -0.25) is 9.59 Å². The normalized spacial score (nSPS) is 20.3. The van der Waals surface area contributed by atoms with Crippen molar-refractivity contribution in [2.24, 2.45) is 11.7 Å². The summed E-state index contributed by atoms with van der Waals surface area (Å²) >= 11 is 0. The van der Waals surface area contributed by atoms with Gasteiger partial charge in [0.15, 0.2) is 0 Å². The van der Waals surface area contributed by atoms with E-state index in [-0.39, 0.29) is 30.3 Å². The van der Waals surface area contributed by atoms with Gasteiger partial charge in [0.2, 0.25) is 5.91 Å². The number of nitrogens with two attached hydrogens (primary N) is 1. The summed E-state index contributed by atoms with van der Waals surface area (Å²) in [6, 6.07) is 7.52. The minimum absolute atomic E-state index is 0. The highest BCUT2D eigenvalue weighted by Crippen LogP contribution is 2.23. The average molecular weight is 340 g/mol. The minimum atomic E-state index is -0.0630. The van der Waals surface area contributed by atoms with Crippen molar-refractivity contribution >= 4 is 24.2 Å². The molecule has 6 heteroatoms.